The monoisotopic (exact) mass is 329 g/mol. The quantitative estimate of drug-likeness (QED) is 0.453. The number of allylic oxidation sites excluding steroid dienone is 2. The largest absolute Gasteiger partial charge is 0.534 e. The van der Waals surface area contributed by atoms with E-state index in [9.17, 15) is 21.6 Å². The number of hydrogen-bond acceptors (Lipinski definition) is 4. The minimum Gasteiger partial charge on any atom is -0.381 e. The number of alkyl halides is 3. The summed E-state index contributed by atoms with van der Waals surface area (Å²) in [6, 6.07) is 0. The summed E-state index contributed by atoms with van der Waals surface area (Å²) in [5, 5.41) is 0. The van der Waals surface area contributed by atoms with E-state index in [0.29, 0.717) is 25.9 Å². The fraction of sp³-hybridized carbons (Fsp3) is 0.846. The molecule has 1 heterocycles. The molecule has 0 amide bonds. The van der Waals surface area contributed by atoms with Crippen molar-refractivity contribution in [1.82, 2.24) is 4.90 Å². The van der Waals surface area contributed by atoms with Gasteiger partial charge in [0.1, 0.15) is 5.76 Å². The average molecular weight is 329 g/mol. The van der Waals surface area contributed by atoms with Crippen LogP contribution in [0.2, 0.25) is 0 Å². The Morgan fingerprint density at radius 1 is 1.19 bits per heavy atom. The number of likely N-dealkylation sites (tertiary alicyclic amines) is 1. The van der Waals surface area contributed by atoms with Gasteiger partial charge in [-0.2, -0.15) is 21.6 Å². The molecule has 0 N–H and O–H groups in total. The minimum atomic E-state index is -5.58. The summed E-state index contributed by atoms with van der Waals surface area (Å²) in [4.78, 5) is 2.22. The molecule has 0 saturated carbocycles. The van der Waals surface area contributed by atoms with Gasteiger partial charge in [0.15, 0.2) is 0 Å². The fourth-order valence-electron chi connectivity index (χ4n) is 2.36. The van der Waals surface area contributed by atoms with Crippen molar-refractivity contribution in [2.75, 3.05) is 13.1 Å². The minimum absolute atomic E-state index is 0.0139. The molecule has 1 aliphatic rings. The maximum absolute atomic E-state index is 12.4. The van der Waals surface area contributed by atoms with E-state index in [4.69, 9.17) is 0 Å². The van der Waals surface area contributed by atoms with Crippen LogP contribution in [0.15, 0.2) is 11.8 Å². The lowest BCUT2D eigenvalue weighted by Crippen LogP contribution is -2.46. The van der Waals surface area contributed by atoms with Crippen LogP contribution in [0.3, 0.4) is 0 Å². The zero-order chi connectivity index (χ0) is 16.5. The number of hydrogen-bond donors (Lipinski definition) is 0. The van der Waals surface area contributed by atoms with Gasteiger partial charge in [0.2, 0.25) is 0 Å². The molecule has 1 aliphatic heterocycles. The van der Waals surface area contributed by atoms with E-state index in [1.54, 1.807) is 0 Å². The molecular formula is C13H22F3NO3S. The van der Waals surface area contributed by atoms with Gasteiger partial charge in [0.05, 0.1) is 0 Å². The Morgan fingerprint density at radius 3 is 2.00 bits per heavy atom. The maximum Gasteiger partial charge on any atom is 0.534 e. The third-order valence-corrected chi connectivity index (χ3v) is 4.60. The van der Waals surface area contributed by atoms with Gasteiger partial charge in [-0.1, -0.05) is 0 Å². The summed E-state index contributed by atoms with van der Waals surface area (Å²) in [5.74, 6) is -0.411. The van der Waals surface area contributed by atoms with Crippen LogP contribution < -0.4 is 0 Å². The van der Waals surface area contributed by atoms with Crippen molar-refractivity contribution in [1.29, 1.82) is 0 Å². The number of rotatable bonds is 3. The lowest BCUT2D eigenvalue weighted by molar-refractivity contribution is -0.0530. The molecule has 4 nitrogen and oxygen atoms in total. The molecule has 21 heavy (non-hydrogen) atoms. The first-order chi connectivity index (χ1) is 9.38. The third kappa shape index (κ3) is 4.60. The van der Waals surface area contributed by atoms with Crippen molar-refractivity contribution < 1.29 is 25.8 Å². The van der Waals surface area contributed by atoms with E-state index >= 15 is 0 Å². The van der Waals surface area contributed by atoms with Crippen LogP contribution in [0.25, 0.3) is 0 Å². The molecule has 0 aromatic carbocycles. The highest BCUT2D eigenvalue weighted by molar-refractivity contribution is 7.87. The van der Waals surface area contributed by atoms with E-state index in [1.165, 1.54) is 13.0 Å². The molecule has 1 saturated heterocycles. The molecule has 124 valence electrons. The number of nitrogens with zero attached hydrogens (tertiary/aromatic N) is 1. The van der Waals surface area contributed by atoms with Gasteiger partial charge >= 0.3 is 15.6 Å². The number of piperidine rings is 1. The Balaban J connectivity index is 2.74. The topological polar surface area (TPSA) is 46.6 Å². The van der Waals surface area contributed by atoms with Crippen LogP contribution in [-0.4, -0.2) is 37.5 Å². The summed E-state index contributed by atoms with van der Waals surface area (Å²) < 4.78 is 63.6. The average Bonchev–Trinajstić information content (AvgIpc) is 2.33. The predicted molar refractivity (Wildman–Crippen MR) is 73.9 cm³/mol. The van der Waals surface area contributed by atoms with Gasteiger partial charge in [-0.25, -0.2) is 0 Å². The molecule has 0 bridgehead atoms. The molecule has 0 unspecified atom stereocenters. The first kappa shape index (κ1) is 18.3. The summed E-state index contributed by atoms with van der Waals surface area (Å²) in [7, 11) is -5.58. The lowest BCUT2D eigenvalue weighted by Gasteiger charge is -2.41. The Kier molecular flexibility index (Phi) is 5.36. The van der Waals surface area contributed by atoms with Gasteiger partial charge in [-0.3, -0.25) is 4.90 Å². The first-order valence-corrected chi connectivity index (χ1v) is 8.21. The first-order valence-electron chi connectivity index (χ1n) is 6.80. The Labute approximate surface area is 124 Å². The van der Waals surface area contributed by atoms with Crippen LogP contribution in [0.4, 0.5) is 13.2 Å². The fourth-order valence-corrected chi connectivity index (χ4v) is 2.94. The van der Waals surface area contributed by atoms with Gasteiger partial charge in [-0.15, -0.1) is 0 Å². The van der Waals surface area contributed by atoms with Crippen LogP contribution in [0.1, 0.15) is 40.5 Å². The second-order valence-corrected chi connectivity index (χ2v) is 7.64. The number of halogens is 3. The molecule has 0 aliphatic carbocycles. The highest BCUT2D eigenvalue weighted by atomic mass is 32.2. The SMILES string of the molecule is C/C=C(\OS(=O)(=O)C(F)(F)F)C1CCN(C(C)(C)C)CC1. The van der Waals surface area contributed by atoms with Crippen LogP contribution in [-0.2, 0) is 14.3 Å². The molecule has 0 radical (unpaired) electrons. The molecule has 0 aromatic rings. The van der Waals surface area contributed by atoms with E-state index < -0.39 is 15.6 Å². The van der Waals surface area contributed by atoms with Crippen molar-refractivity contribution in [2.24, 2.45) is 5.92 Å². The Bertz CT molecular complexity index is 484. The third-order valence-electron chi connectivity index (χ3n) is 3.62. The van der Waals surface area contributed by atoms with Crippen molar-refractivity contribution in [2.45, 2.75) is 51.6 Å². The van der Waals surface area contributed by atoms with Crippen molar-refractivity contribution in [3.05, 3.63) is 11.8 Å². The normalized spacial score (nSPS) is 20.6. The molecule has 0 aromatic heterocycles. The Hall–Kier alpha value is -0.760. The highest BCUT2D eigenvalue weighted by Crippen LogP contribution is 2.33. The summed E-state index contributed by atoms with van der Waals surface area (Å²) in [5.41, 5.74) is -5.41. The lowest BCUT2D eigenvalue weighted by atomic mass is 9.91. The molecule has 0 atom stereocenters. The van der Waals surface area contributed by atoms with Gasteiger partial charge in [0.25, 0.3) is 0 Å². The van der Waals surface area contributed by atoms with E-state index in [-0.39, 0.29) is 17.2 Å². The standard InChI is InChI=1S/C13H22F3NO3S/c1-5-11(20-21(18,19)13(14,15)16)10-6-8-17(9-7-10)12(2,3)4/h5,10H,6-9H2,1-4H3/b11-5-. The van der Waals surface area contributed by atoms with Crippen LogP contribution >= 0.6 is 0 Å². The van der Waals surface area contributed by atoms with E-state index in [2.05, 4.69) is 29.9 Å². The van der Waals surface area contributed by atoms with E-state index in [1.807, 2.05) is 0 Å². The second kappa shape index (κ2) is 6.16. The zero-order valence-electron chi connectivity index (χ0n) is 12.7. The summed E-state index contributed by atoms with van der Waals surface area (Å²) in [6.45, 7) is 9.07. The summed E-state index contributed by atoms with van der Waals surface area (Å²) >= 11 is 0. The molecule has 1 fully saturated rings. The van der Waals surface area contributed by atoms with Crippen molar-refractivity contribution in [3.63, 3.8) is 0 Å². The van der Waals surface area contributed by atoms with Gasteiger partial charge < -0.3 is 4.18 Å². The highest BCUT2D eigenvalue weighted by Gasteiger charge is 2.49. The van der Waals surface area contributed by atoms with Gasteiger partial charge in [0, 0.05) is 11.5 Å². The van der Waals surface area contributed by atoms with Crippen LogP contribution in [0, 0.1) is 5.92 Å². The molecule has 8 heteroatoms. The van der Waals surface area contributed by atoms with Crippen molar-refractivity contribution >= 4 is 10.1 Å². The molecule has 1 rings (SSSR count). The summed E-state index contributed by atoms with van der Waals surface area (Å²) in [6.07, 6.45) is 2.45. The second-order valence-electron chi connectivity index (χ2n) is 6.11. The van der Waals surface area contributed by atoms with E-state index in [0.717, 1.165) is 0 Å². The molecular weight excluding hydrogens is 307 g/mol. The van der Waals surface area contributed by atoms with Gasteiger partial charge in [-0.05, 0) is 59.7 Å². The Morgan fingerprint density at radius 2 is 1.67 bits per heavy atom. The smallest absolute Gasteiger partial charge is 0.381 e. The maximum atomic E-state index is 12.4. The predicted octanol–water partition coefficient (Wildman–Crippen LogP) is 3.27. The van der Waals surface area contributed by atoms with Crippen LogP contribution in [0.5, 0.6) is 0 Å². The molecule has 0 spiro atoms. The zero-order valence-corrected chi connectivity index (χ0v) is 13.5. The van der Waals surface area contributed by atoms with Crippen molar-refractivity contribution in [3.8, 4) is 0 Å².